The summed E-state index contributed by atoms with van der Waals surface area (Å²) < 4.78 is 5.39. The standard InChI is InChI=1S/C18H15Cl2N3O2S/c19-12-4-5-16(14(20)9-12)25-10-17(24)22-8-6-13-11-26-18(23-13)15-3-1-2-7-21-15/h1-5,7,9,11H,6,8,10H2,(H,22,24). The molecule has 0 aliphatic heterocycles. The lowest BCUT2D eigenvalue weighted by molar-refractivity contribution is -0.123. The van der Waals surface area contributed by atoms with Crippen LogP contribution in [-0.2, 0) is 11.2 Å². The van der Waals surface area contributed by atoms with Crippen LogP contribution in [0, 0.1) is 0 Å². The molecule has 0 fully saturated rings. The van der Waals surface area contributed by atoms with Crippen LogP contribution in [0.4, 0.5) is 0 Å². The molecule has 0 aliphatic rings. The third kappa shape index (κ3) is 5.17. The third-order valence-corrected chi connectivity index (χ3v) is 4.84. The molecule has 1 N–H and O–H groups in total. The first-order chi connectivity index (χ1) is 12.6. The molecular weight excluding hydrogens is 393 g/mol. The van der Waals surface area contributed by atoms with Crippen molar-refractivity contribution in [1.29, 1.82) is 0 Å². The molecule has 3 aromatic rings. The second kappa shape index (κ2) is 8.98. The molecular formula is C18H15Cl2N3O2S. The van der Waals surface area contributed by atoms with Gasteiger partial charge in [0.1, 0.15) is 10.8 Å². The van der Waals surface area contributed by atoms with Crippen molar-refractivity contribution in [2.24, 2.45) is 0 Å². The van der Waals surface area contributed by atoms with E-state index >= 15 is 0 Å². The Hall–Kier alpha value is -2.15. The molecule has 0 spiro atoms. The van der Waals surface area contributed by atoms with Gasteiger partial charge in [-0.2, -0.15) is 0 Å². The number of ether oxygens (including phenoxy) is 1. The van der Waals surface area contributed by atoms with Gasteiger partial charge in [0.2, 0.25) is 0 Å². The summed E-state index contributed by atoms with van der Waals surface area (Å²) in [5.41, 5.74) is 1.76. The number of aromatic nitrogens is 2. The first-order valence-electron chi connectivity index (χ1n) is 7.82. The Morgan fingerprint density at radius 2 is 2.12 bits per heavy atom. The summed E-state index contributed by atoms with van der Waals surface area (Å²) in [6.07, 6.45) is 2.38. The van der Waals surface area contributed by atoms with Gasteiger partial charge in [0, 0.05) is 29.6 Å². The number of pyridine rings is 1. The van der Waals surface area contributed by atoms with Crippen molar-refractivity contribution < 1.29 is 9.53 Å². The van der Waals surface area contributed by atoms with Crippen LogP contribution in [-0.4, -0.2) is 29.0 Å². The van der Waals surface area contributed by atoms with Gasteiger partial charge in [-0.05, 0) is 30.3 Å². The number of nitrogens with zero attached hydrogens (tertiary/aromatic N) is 2. The average Bonchev–Trinajstić information content (AvgIpc) is 3.11. The molecule has 0 aliphatic carbocycles. The van der Waals surface area contributed by atoms with Crippen LogP contribution < -0.4 is 10.1 Å². The van der Waals surface area contributed by atoms with Crippen LogP contribution in [0.5, 0.6) is 5.75 Å². The molecule has 0 unspecified atom stereocenters. The molecule has 0 radical (unpaired) electrons. The van der Waals surface area contributed by atoms with E-state index < -0.39 is 0 Å². The smallest absolute Gasteiger partial charge is 0.257 e. The first-order valence-corrected chi connectivity index (χ1v) is 9.46. The van der Waals surface area contributed by atoms with E-state index in [4.69, 9.17) is 27.9 Å². The van der Waals surface area contributed by atoms with Crippen molar-refractivity contribution in [3.63, 3.8) is 0 Å². The molecule has 2 heterocycles. The molecule has 0 saturated heterocycles. The lowest BCUT2D eigenvalue weighted by Crippen LogP contribution is -2.30. The molecule has 1 amide bonds. The normalized spacial score (nSPS) is 10.5. The van der Waals surface area contributed by atoms with Crippen molar-refractivity contribution in [3.05, 3.63) is 63.7 Å². The number of hydrogen-bond acceptors (Lipinski definition) is 5. The predicted molar refractivity (Wildman–Crippen MR) is 104 cm³/mol. The number of rotatable bonds is 7. The van der Waals surface area contributed by atoms with Crippen LogP contribution in [0.1, 0.15) is 5.69 Å². The quantitative estimate of drug-likeness (QED) is 0.635. The van der Waals surface area contributed by atoms with Crippen molar-refractivity contribution >= 4 is 40.4 Å². The highest BCUT2D eigenvalue weighted by atomic mass is 35.5. The zero-order valence-corrected chi connectivity index (χ0v) is 15.9. The number of benzene rings is 1. The van der Waals surface area contributed by atoms with Crippen LogP contribution in [0.25, 0.3) is 10.7 Å². The van der Waals surface area contributed by atoms with Crippen LogP contribution in [0.15, 0.2) is 48.0 Å². The number of halogens is 2. The summed E-state index contributed by atoms with van der Waals surface area (Å²) in [4.78, 5) is 20.7. The van der Waals surface area contributed by atoms with E-state index in [1.165, 1.54) is 11.3 Å². The monoisotopic (exact) mass is 407 g/mol. The van der Waals surface area contributed by atoms with Crippen molar-refractivity contribution in [2.45, 2.75) is 6.42 Å². The largest absolute Gasteiger partial charge is 0.482 e. The lowest BCUT2D eigenvalue weighted by Gasteiger charge is -2.08. The highest BCUT2D eigenvalue weighted by Crippen LogP contribution is 2.27. The van der Waals surface area contributed by atoms with E-state index in [-0.39, 0.29) is 12.5 Å². The minimum atomic E-state index is -0.226. The fourth-order valence-electron chi connectivity index (χ4n) is 2.15. The third-order valence-electron chi connectivity index (χ3n) is 3.39. The molecule has 0 bridgehead atoms. The number of thiazole rings is 1. The summed E-state index contributed by atoms with van der Waals surface area (Å²) in [5.74, 6) is 0.196. The van der Waals surface area contributed by atoms with Gasteiger partial charge in [-0.25, -0.2) is 4.98 Å². The Balaban J connectivity index is 1.43. The maximum atomic E-state index is 11.9. The lowest BCUT2D eigenvalue weighted by atomic mass is 10.3. The highest BCUT2D eigenvalue weighted by molar-refractivity contribution is 7.13. The molecule has 5 nitrogen and oxygen atoms in total. The summed E-state index contributed by atoms with van der Waals surface area (Å²) in [7, 11) is 0. The maximum absolute atomic E-state index is 11.9. The summed E-state index contributed by atoms with van der Waals surface area (Å²) >= 11 is 13.4. The molecule has 0 atom stereocenters. The van der Waals surface area contributed by atoms with Gasteiger partial charge in [0.15, 0.2) is 6.61 Å². The molecule has 2 aromatic heterocycles. The number of carbonyl (C=O) groups is 1. The second-order valence-corrected chi connectivity index (χ2v) is 7.02. The van der Waals surface area contributed by atoms with Crippen molar-refractivity contribution in [3.8, 4) is 16.5 Å². The molecule has 0 saturated carbocycles. The minimum Gasteiger partial charge on any atom is -0.482 e. The number of nitrogens with one attached hydrogen (secondary N) is 1. The second-order valence-electron chi connectivity index (χ2n) is 5.32. The van der Waals surface area contributed by atoms with Gasteiger partial charge in [-0.3, -0.25) is 9.78 Å². The number of carbonyl (C=O) groups excluding carboxylic acids is 1. The van der Waals surface area contributed by atoms with Crippen LogP contribution >= 0.6 is 34.5 Å². The molecule has 1 aromatic carbocycles. The minimum absolute atomic E-state index is 0.113. The summed E-state index contributed by atoms with van der Waals surface area (Å²) in [6.45, 7) is 0.361. The van der Waals surface area contributed by atoms with Gasteiger partial charge in [-0.15, -0.1) is 11.3 Å². The average molecular weight is 408 g/mol. The Kier molecular flexibility index (Phi) is 6.44. The number of hydrogen-bond donors (Lipinski definition) is 1. The van der Waals surface area contributed by atoms with E-state index in [0.717, 1.165) is 16.4 Å². The zero-order chi connectivity index (χ0) is 18.4. The van der Waals surface area contributed by atoms with E-state index in [2.05, 4.69) is 15.3 Å². The van der Waals surface area contributed by atoms with E-state index in [1.54, 1.807) is 24.4 Å². The maximum Gasteiger partial charge on any atom is 0.257 e. The molecule has 8 heteroatoms. The number of amides is 1. The molecule has 3 rings (SSSR count). The van der Waals surface area contributed by atoms with E-state index in [1.807, 2.05) is 23.6 Å². The van der Waals surface area contributed by atoms with Crippen molar-refractivity contribution in [1.82, 2.24) is 15.3 Å². The Morgan fingerprint density at radius 1 is 1.23 bits per heavy atom. The van der Waals surface area contributed by atoms with Gasteiger partial charge < -0.3 is 10.1 Å². The summed E-state index contributed by atoms with van der Waals surface area (Å²) in [6, 6.07) is 10.6. The van der Waals surface area contributed by atoms with Crippen LogP contribution in [0.2, 0.25) is 10.0 Å². The Morgan fingerprint density at radius 3 is 2.88 bits per heavy atom. The SMILES string of the molecule is O=C(COc1ccc(Cl)cc1Cl)NCCc1csc(-c2ccccn2)n1. The van der Waals surface area contributed by atoms with Gasteiger partial charge in [0.05, 0.1) is 16.4 Å². The highest BCUT2D eigenvalue weighted by Gasteiger charge is 2.08. The van der Waals surface area contributed by atoms with Crippen LogP contribution in [0.3, 0.4) is 0 Å². The topological polar surface area (TPSA) is 64.1 Å². The fraction of sp³-hybridized carbons (Fsp3) is 0.167. The van der Waals surface area contributed by atoms with Gasteiger partial charge >= 0.3 is 0 Å². The summed E-state index contributed by atoms with van der Waals surface area (Å²) in [5, 5.41) is 6.52. The first kappa shape index (κ1) is 18.6. The van der Waals surface area contributed by atoms with E-state index in [0.29, 0.717) is 28.8 Å². The Labute approximate surface area is 165 Å². The van der Waals surface area contributed by atoms with Gasteiger partial charge in [0.25, 0.3) is 5.91 Å². The van der Waals surface area contributed by atoms with Gasteiger partial charge in [-0.1, -0.05) is 29.3 Å². The molecule has 26 heavy (non-hydrogen) atoms. The van der Waals surface area contributed by atoms with E-state index in [9.17, 15) is 4.79 Å². The zero-order valence-electron chi connectivity index (χ0n) is 13.6. The van der Waals surface area contributed by atoms with Crippen molar-refractivity contribution in [2.75, 3.05) is 13.2 Å². The molecule has 134 valence electrons. The fourth-order valence-corrected chi connectivity index (χ4v) is 3.44. The predicted octanol–water partition coefficient (Wildman–Crippen LogP) is 4.25. The Bertz CT molecular complexity index is 887.